The van der Waals surface area contributed by atoms with Crippen molar-refractivity contribution in [2.75, 3.05) is 0 Å². The van der Waals surface area contributed by atoms with Gasteiger partial charge >= 0.3 is 5.97 Å². The van der Waals surface area contributed by atoms with Gasteiger partial charge in [-0.2, -0.15) is 0 Å². The van der Waals surface area contributed by atoms with Gasteiger partial charge in [0.15, 0.2) is 0 Å². The van der Waals surface area contributed by atoms with Gasteiger partial charge in [0.2, 0.25) is 0 Å². The van der Waals surface area contributed by atoms with Crippen molar-refractivity contribution in [2.24, 2.45) is 0 Å². The molecule has 0 aliphatic carbocycles. The van der Waals surface area contributed by atoms with Gasteiger partial charge < -0.3 is 5.11 Å². The Morgan fingerprint density at radius 1 is 1.20 bits per heavy atom. The van der Waals surface area contributed by atoms with E-state index in [0.717, 1.165) is 11.0 Å². The number of benzene rings is 2. The predicted molar refractivity (Wildman–Crippen MR) is 79.4 cm³/mol. The molecule has 0 amide bonds. The van der Waals surface area contributed by atoms with Crippen molar-refractivity contribution >= 4 is 40.9 Å². The molecule has 0 unspecified atom stereocenters. The molecule has 0 spiro atoms. The minimum atomic E-state index is -1.09. The molecule has 0 fully saturated rings. The molecular weight excluding hydrogens is 322 g/mol. The van der Waals surface area contributed by atoms with Crippen LogP contribution in [0.3, 0.4) is 0 Å². The van der Waals surface area contributed by atoms with E-state index in [9.17, 15) is 9.18 Å². The normalized spacial score (nSPS) is 10.6. The molecule has 104 valence electrons. The second-order valence-electron chi connectivity index (χ2n) is 3.97. The Labute approximate surface area is 129 Å². The van der Waals surface area contributed by atoms with Crippen molar-refractivity contribution in [3.8, 4) is 0 Å². The molecule has 0 saturated heterocycles. The number of carboxylic acid groups (broad SMARTS) is 1. The Balaban J connectivity index is 2.20. The molecule has 0 saturated carbocycles. The third-order valence-corrected chi connectivity index (χ3v) is 4.35. The lowest BCUT2D eigenvalue weighted by Gasteiger charge is -2.07. The summed E-state index contributed by atoms with van der Waals surface area (Å²) in [6, 6.07) is 8.73. The third kappa shape index (κ3) is 3.66. The van der Waals surface area contributed by atoms with Crippen LogP contribution in [-0.2, 0) is 5.75 Å². The topological polar surface area (TPSA) is 37.3 Å². The third-order valence-electron chi connectivity index (χ3n) is 2.57. The Bertz CT molecular complexity index is 662. The second kappa shape index (κ2) is 6.48. The zero-order chi connectivity index (χ0) is 14.7. The number of hydrogen-bond donors (Lipinski definition) is 1. The molecule has 2 aromatic rings. The molecule has 0 heterocycles. The summed E-state index contributed by atoms with van der Waals surface area (Å²) in [5.74, 6) is -1.26. The van der Waals surface area contributed by atoms with Crippen molar-refractivity contribution < 1.29 is 14.3 Å². The zero-order valence-corrected chi connectivity index (χ0v) is 12.4. The molecule has 2 rings (SSSR count). The maximum absolute atomic E-state index is 13.7. The highest BCUT2D eigenvalue weighted by Crippen LogP contribution is 2.32. The van der Waals surface area contributed by atoms with Gasteiger partial charge in [-0.1, -0.05) is 23.2 Å². The van der Waals surface area contributed by atoms with Crippen molar-refractivity contribution in [2.45, 2.75) is 10.6 Å². The number of hydrogen-bond acceptors (Lipinski definition) is 2. The lowest BCUT2D eigenvalue weighted by Crippen LogP contribution is -1.99. The molecular formula is C14H9Cl2FO2S. The number of rotatable bonds is 4. The van der Waals surface area contributed by atoms with E-state index in [4.69, 9.17) is 28.3 Å². The number of aromatic carboxylic acids is 1. The van der Waals surface area contributed by atoms with Crippen molar-refractivity contribution in [1.82, 2.24) is 0 Å². The highest BCUT2D eigenvalue weighted by molar-refractivity contribution is 7.98. The SMILES string of the molecule is O=C(O)c1ccc(F)c(CSc2cc(Cl)ccc2Cl)c1. The summed E-state index contributed by atoms with van der Waals surface area (Å²) in [4.78, 5) is 11.6. The Morgan fingerprint density at radius 3 is 2.65 bits per heavy atom. The van der Waals surface area contributed by atoms with Crippen molar-refractivity contribution in [3.05, 3.63) is 63.4 Å². The minimum Gasteiger partial charge on any atom is -0.478 e. The minimum absolute atomic E-state index is 0.0548. The van der Waals surface area contributed by atoms with E-state index in [2.05, 4.69) is 0 Å². The van der Waals surface area contributed by atoms with Crippen molar-refractivity contribution in [3.63, 3.8) is 0 Å². The van der Waals surface area contributed by atoms with Crippen LogP contribution in [0, 0.1) is 5.82 Å². The van der Waals surface area contributed by atoms with Crippen LogP contribution < -0.4 is 0 Å². The largest absolute Gasteiger partial charge is 0.478 e. The summed E-state index contributed by atoms with van der Waals surface area (Å²) >= 11 is 13.2. The fourth-order valence-corrected chi connectivity index (χ4v) is 3.03. The molecule has 0 atom stereocenters. The lowest BCUT2D eigenvalue weighted by molar-refractivity contribution is 0.0696. The van der Waals surface area contributed by atoms with Crippen LogP contribution in [0.5, 0.6) is 0 Å². The fourth-order valence-electron chi connectivity index (χ4n) is 1.56. The molecule has 0 aliphatic rings. The van der Waals surface area contributed by atoms with E-state index in [1.54, 1.807) is 18.2 Å². The molecule has 20 heavy (non-hydrogen) atoms. The summed E-state index contributed by atoms with van der Waals surface area (Å²) < 4.78 is 13.7. The number of carboxylic acids is 1. The molecule has 2 nitrogen and oxygen atoms in total. The predicted octanol–water partition coefficient (Wildman–Crippen LogP) is 5.12. The maximum Gasteiger partial charge on any atom is 0.335 e. The van der Waals surface area contributed by atoms with E-state index < -0.39 is 11.8 Å². The van der Waals surface area contributed by atoms with Gasteiger partial charge in [-0.15, -0.1) is 11.8 Å². The zero-order valence-electron chi connectivity index (χ0n) is 10.1. The van der Waals surface area contributed by atoms with E-state index >= 15 is 0 Å². The van der Waals surface area contributed by atoms with Crippen LogP contribution in [0.15, 0.2) is 41.3 Å². The molecule has 6 heteroatoms. The van der Waals surface area contributed by atoms with Crippen LogP contribution in [-0.4, -0.2) is 11.1 Å². The summed E-state index contributed by atoms with van der Waals surface area (Å²) in [5, 5.41) is 9.96. The Hall–Kier alpha value is -1.23. The van der Waals surface area contributed by atoms with E-state index in [1.807, 2.05) is 0 Å². The summed E-state index contributed by atoms with van der Waals surface area (Å²) in [6.07, 6.45) is 0. The first-order valence-electron chi connectivity index (χ1n) is 5.57. The smallest absolute Gasteiger partial charge is 0.335 e. The summed E-state index contributed by atoms with van der Waals surface area (Å²) in [5.41, 5.74) is 0.366. The second-order valence-corrected chi connectivity index (χ2v) is 5.84. The van der Waals surface area contributed by atoms with Crippen LogP contribution in [0.1, 0.15) is 15.9 Å². The van der Waals surface area contributed by atoms with Crippen LogP contribution in [0.2, 0.25) is 10.0 Å². The maximum atomic E-state index is 13.7. The molecule has 1 N–H and O–H groups in total. The van der Waals surface area contributed by atoms with Crippen LogP contribution >= 0.6 is 35.0 Å². The molecule has 0 radical (unpaired) electrons. The molecule has 2 aromatic carbocycles. The Morgan fingerprint density at radius 2 is 1.95 bits per heavy atom. The highest BCUT2D eigenvalue weighted by atomic mass is 35.5. The monoisotopic (exact) mass is 330 g/mol. The molecule has 0 aromatic heterocycles. The van der Waals surface area contributed by atoms with Gasteiger partial charge in [-0.25, -0.2) is 9.18 Å². The van der Waals surface area contributed by atoms with E-state index in [0.29, 0.717) is 15.6 Å². The highest BCUT2D eigenvalue weighted by Gasteiger charge is 2.10. The first kappa shape index (κ1) is 15.2. The average Bonchev–Trinajstić information content (AvgIpc) is 2.41. The Kier molecular flexibility index (Phi) is 4.91. The standard InChI is InChI=1S/C14H9Cl2FO2S/c15-10-2-3-11(16)13(6-10)20-7-9-5-8(14(18)19)1-4-12(9)17/h1-6H,7H2,(H,18,19). The first-order chi connectivity index (χ1) is 9.47. The van der Waals surface area contributed by atoms with Gasteiger partial charge in [0.05, 0.1) is 10.6 Å². The average molecular weight is 331 g/mol. The van der Waals surface area contributed by atoms with E-state index in [1.165, 1.54) is 23.9 Å². The number of thioether (sulfide) groups is 1. The first-order valence-corrected chi connectivity index (χ1v) is 7.31. The van der Waals surface area contributed by atoms with Gasteiger partial charge in [-0.3, -0.25) is 0 Å². The molecule has 0 aliphatic heterocycles. The van der Waals surface area contributed by atoms with Crippen molar-refractivity contribution in [1.29, 1.82) is 0 Å². The van der Waals surface area contributed by atoms with Gasteiger partial charge in [0, 0.05) is 15.7 Å². The summed E-state index contributed by atoms with van der Waals surface area (Å²) in [6.45, 7) is 0. The molecule has 0 bridgehead atoms. The van der Waals surface area contributed by atoms with Crippen LogP contribution in [0.4, 0.5) is 4.39 Å². The fraction of sp³-hybridized carbons (Fsp3) is 0.0714. The number of halogens is 3. The van der Waals surface area contributed by atoms with E-state index in [-0.39, 0.29) is 11.3 Å². The summed E-state index contributed by atoms with van der Waals surface area (Å²) in [7, 11) is 0. The van der Waals surface area contributed by atoms with Crippen LogP contribution in [0.25, 0.3) is 0 Å². The van der Waals surface area contributed by atoms with Gasteiger partial charge in [-0.05, 0) is 42.0 Å². The van der Waals surface area contributed by atoms with Gasteiger partial charge in [0.1, 0.15) is 5.82 Å². The lowest BCUT2D eigenvalue weighted by atomic mass is 10.1. The quantitative estimate of drug-likeness (QED) is 0.790. The van der Waals surface area contributed by atoms with Gasteiger partial charge in [0.25, 0.3) is 0 Å². The number of carbonyl (C=O) groups is 1.